The zero-order valence-corrected chi connectivity index (χ0v) is 12.2. The number of rotatable bonds is 5. The molecule has 1 aromatic rings. The highest BCUT2D eigenvalue weighted by Gasteiger charge is 2.32. The van der Waals surface area contributed by atoms with Gasteiger partial charge in [-0.25, -0.2) is 0 Å². The fourth-order valence-corrected chi connectivity index (χ4v) is 2.11. The molecule has 3 N–H and O–H groups in total. The minimum absolute atomic E-state index is 0.123. The third kappa shape index (κ3) is 4.65. The Bertz CT molecular complexity index is 449. The lowest BCUT2D eigenvalue weighted by molar-refractivity contribution is -0.137. The maximum atomic E-state index is 12.7. The summed E-state index contributed by atoms with van der Waals surface area (Å²) in [5, 5.41) is 10.1. The largest absolute Gasteiger partial charge is 0.416 e. The third-order valence-electron chi connectivity index (χ3n) is 3.14. The van der Waals surface area contributed by atoms with Crippen LogP contribution in [0.5, 0.6) is 0 Å². The van der Waals surface area contributed by atoms with E-state index in [1.165, 1.54) is 0 Å². The summed E-state index contributed by atoms with van der Waals surface area (Å²) in [5.74, 6) is 0.383. The van der Waals surface area contributed by atoms with Gasteiger partial charge in [0.25, 0.3) is 0 Å². The van der Waals surface area contributed by atoms with Gasteiger partial charge in [0.1, 0.15) is 0 Å². The number of aliphatic hydroxyl groups is 1. The minimum atomic E-state index is -4.46. The van der Waals surface area contributed by atoms with Crippen LogP contribution in [0.1, 0.15) is 43.9 Å². The molecular formula is C14H19ClF3NO. The Morgan fingerprint density at radius 1 is 1.25 bits per heavy atom. The summed E-state index contributed by atoms with van der Waals surface area (Å²) in [4.78, 5) is 0. The van der Waals surface area contributed by atoms with Crippen molar-refractivity contribution in [3.63, 3.8) is 0 Å². The molecule has 114 valence electrons. The summed E-state index contributed by atoms with van der Waals surface area (Å²) >= 11 is 5.89. The standard InChI is InChI=1S/C14H19ClF3NO/c1-8(2)3-6-12(20)13(19)10-7-9(14(16,17)18)4-5-11(10)15/h4-5,7-8,12-13,20H,3,6,19H2,1-2H3/t12-,13+/m1/s1. The summed E-state index contributed by atoms with van der Waals surface area (Å²) in [6.45, 7) is 3.99. The molecule has 0 amide bonds. The van der Waals surface area contributed by atoms with Crippen LogP contribution in [0.15, 0.2) is 18.2 Å². The van der Waals surface area contributed by atoms with Crippen LogP contribution in [-0.2, 0) is 6.18 Å². The lowest BCUT2D eigenvalue weighted by Crippen LogP contribution is -2.27. The number of nitrogens with two attached hydrogens (primary N) is 1. The number of alkyl halides is 3. The number of hydrogen-bond acceptors (Lipinski definition) is 2. The first-order valence-electron chi connectivity index (χ1n) is 6.43. The number of benzene rings is 1. The van der Waals surface area contributed by atoms with E-state index in [9.17, 15) is 18.3 Å². The maximum absolute atomic E-state index is 12.7. The molecule has 0 aliphatic rings. The smallest absolute Gasteiger partial charge is 0.391 e. The molecule has 0 saturated carbocycles. The first-order chi connectivity index (χ1) is 9.12. The monoisotopic (exact) mass is 309 g/mol. The zero-order chi connectivity index (χ0) is 15.5. The molecule has 0 bridgehead atoms. The Morgan fingerprint density at radius 3 is 2.35 bits per heavy atom. The fraction of sp³-hybridized carbons (Fsp3) is 0.571. The Labute approximate surface area is 121 Å². The predicted octanol–water partition coefficient (Wildman–Crippen LogP) is 4.16. The second kappa shape index (κ2) is 6.78. The highest BCUT2D eigenvalue weighted by molar-refractivity contribution is 6.31. The minimum Gasteiger partial charge on any atom is -0.391 e. The second-order valence-electron chi connectivity index (χ2n) is 5.30. The summed E-state index contributed by atoms with van der Waals surface area (Å²) in [7, 11) is 0. The number of aliphatic hydroxyl groups excluding tert-OH is 1. The Hall–Kier alpha value is -0.780. The van der Waals surface area contributed by atoms with Crippen molar-refractivity contribution in [1.82, 2.24) is 0 Å². The molecule has 1 rings (SSSR count). The molecule has 20 heavy (non-hydrogen) atoms. The van der Waals surface area contributed by atoms with Crippen molar-refractivity contribution in [2.45, 2.75) is 45.0 Å². The van der Waals surface area contributed by atoms with E-state index in [4.69, 9.17) is 17.3 Å². The van der Waals surface area contributed by atoms with Gasteiger partial charge >= 0.3 is 6.18 Å². The van der Waals surface area contributed by atoms with Gasteiger partial charge in [-0.3, -0.25) is 0 Å². The molecule has 0 aliphatic heterocycles. The molecule has 1 aromatic carbocycles. The summed E-state index contributed by atoms with van der Waals surface area (Å²) in [6.07, 6.45) is -4.21. The molecule has 0 radical (unpaired) electrons. The lowest BCUT2D eigenvalue weighted by atomic mass is 9.95. The van der Waals surface area contributed by atoms with Crippen molar-refractivity contribution in [3.8, 4) is 0 Å². The molecule has 2 nitrogen and oxygen atoms in total. The van der Waals surface area contributed by atoms with Gasteiger partial charge in [0.15, 0.2) is 0 Å². The lowest BCUT2D eigenvalue weighted by Gasteiger charge is -2.22. The second-order valence-corrected chi connectivity index (χ2v) is 5.71. The highest BCUT2D eigenvalue weighted by atomic mass is 35.5. The van der Waals surface area contributed by atoms with Crippen molar-refractivity contribution in [2.24, 2.45) is 11.7 Å². The molecular weight excluding hydrogens is 291 g/mol. The van der Waals surface area contributed by atoms with Crippen LogP contribution in [0.4, 0.5) is 13.2 Å². The molecule has 0 unspecified atom stereocenters. The van der Waals surface area contributed by atoms with Crippen LogP contribution in [-0.4, -0.2) is 11.2 Å². The third-order valence-corrected chi connectivity index (χ3v) is 3.48. The van der Waals surface area contributed by atoms with Crippen molar-refractivity contribution < 1.29 is 18.3 Å². The Balaban J connectivity index is 2.94. The number of hydrogen-bond donors (Lipinski definition) is 2. The van der Waals surface area contributed by atoms with E-state index < -0.39 is 23.9 Å². The van der Waals surface area contributed by atoms with Gasteiger partial charge in [-0.2, -0.15) is 13.2 Å². The van der Waals surface area contributed by atoms with Crippen molar-refractivity contribution in [2.75, 3.05) is 0 Å². The van der Waals surface area contributed by atoms with Gasteiger partial charge in [-0.1, -0.05) is 25.4 Å². The van der Waals surface area contributed by atoms with Crippen LogP contribution < -0.4 is 5.73 Å². The van der Waals surface area contributed by atoms with Crippen LogP contribution in [0.2, 0.25) is 5.02 Å². The molecule has 0 saturated heterocycles. The van der Waals surface area contributed by atoms with Gasteiger partial charge in [-0.05, 0) is 42.5 Å². The van der Waals surface area contributed by atoms with E-state index in [2.05, 4.69) is 0 Å². The molecule has 0 fully saturated rings. The molecule has 0 aliphatic carbocycles. The summed E-state index contributed by atoms with van der Waals surface area (Å²) in [6, 6.07) is 2.04. The van der Waals surface area contributed by atoms with Crippen molar-refractivity contribution in [1.29, 1.82) is 0 Å². The highest BCUT2D eigenvalue weighted by Crippen LogP contribution is 2.34. The van der Waals surface area contributed by atoms with Gasteiger partial charge < -0.3 is 10.8 Å². The predicted molar refractivity (Wildman–Crippen MR) is 73.5 cm³/mol. The first kappa shape index (κ1) is 17.3. The molecule has 6 heteroatoms. The Morgan fingerprint density at radius 2 is 1.85 bits per heavy atom. The Kier molecular flexibility index (Phi) is 5.86. The average molecular weight is 310 g/mol. The average Bonchev–Trinajstić information content (AvgIpc) is 2.34. The van der Waals surface area contributed by atoms with E-state index in [0.29, 0.717) is 12.3 Å². The van der Waals surface area contributed by atoms with Crippen LogP contribution >= 0.6 is 11.6 Å². The fourth-order valence-electron chi connectivity index (χ4n) is 1.87. The first-order valence-corrected chi connectivity index (χ1v) is 6.81. The number of halogens is 4. The van der Waals surface area contributed by atoms with Crippen molar-refractivity contribution in [3.05, 3.63) is 34.3 Å². The van der Waals surface area contributed by atoms with Crippen LogP contribution in [0.25, 0.3) is 0 Å². The SMILES string of the molecule is CC(C)CC[C@@H](O)[C@@H](N)c1cc(C(F)(F)F)ccc1Cl. The van der Waals surface area contributed by atoms with Gasteiger partial charge in [0.2, 0.25) is 0 Å². The van der Waals surface area contributed by atoms with Crippen molar-refractivity contribution >= 4 is 11.6 Å². The van der Waals surface area contributed by atoms with Gasteiger partial charge in [0, 0.05) is 5.02 Å². The summed E-state index contributed by atoms with van der Waals surface area (Å²) in [5.41, 5.74) is 5.14. The molecule has 0 spiro atoms. The van der Waals surface area contributed by atoms with E-state index >= 15 is 0 Å². The van der Waals surface area contributed by atoms with E-state index in [1.807, 2.05) is 13.8 Å². The van der Waals surface area contributed by atoms with Crippen LogP contribution in [0, 0.1) is 5.92 Å². The topological polar surface area (TPSA) is 46.2 Å². The maximum Gasteiger partial charge on any atom is 0.416 e. The molecule has 2 atom stereocenters. The molecule has 0 aromatic heterocycles. The normalized spacial score (nSPS) is 15.4. The quantitative estimate of drug-likeness (QED) is 0.858. The van der Waals surface area contributed by atoms with E-state index in [-0.39, 0.29) is 10.6 Å². The summed E-state index contributed by atoms with van der Waals surface area (Å²) < 4.78 is 38.0. The molecule has 0 heterocycles. The van der Waals surface area contributed by atoms with Gasteiger partial charge in [0.05, 0.1) is 17.7 Å². The van der Waals surface area contributed by atoms with Crippen LogP contribution in [0.3, 0.4) is 0 Å². The zero-order valence-electron chi connectivity index (χ0n) is 11.4. The van der Waals surface area contributed by atoms with E-state index in [1.54, 1.807) is 0 Å². The van der Waals surface area contributed by atoms with Gasteiger partial charge in [-0.15, -0.1) is 0 Å². The van der Waals surface area contributed by atoms with E-state index in [0.717, 1.165) is 24.6 Å².